The second kappa shape index (κ2) is 3.00. The van der Waals surface area contributed by atoms with Crippen molar-refractivity contribution in [1.29, 1.82) is 0 Å². The van der Waals surface area contributed by atoms with Crippen LogP contribution in [0, 0.1) is 0 Å². The fraction of sp³-hybridized carbons (Fsp3) is 0.833. The van der Waals surface area contributed by atoms with Gasteiger partial charge in [0.25, 0.3) is 0 Å². The molecule has 2 heterocycles. The monoisotopic (exact) mass is 176 g/mol. The Morgan fingerprint density at radius 1 is 1.64 bits per heavy atom. The van der Waals surface area contributed by atoms with Gasteiger partial charge in [0.1, 0.15) is 5.44 Å². The van der Waals surface area contributed by atoms with Crippen LogP contribution >= 0.6 is 11.8 Å². The molecule has 0 radical (unpaired) electrons. The minimum Gasteiger partial charge on any atom is -0.382 e. The smallest absolute Gasteiger partial charge is 0.226 e. The third-order valence-electron chi connectivity index (χ3n) is 1.95. The fourth-order valence-electron chi connectivity index (χ4n) is 1.31. The highest BCUT2D eigenvalue weighted by Crippen LogP contribution is 2.36. The molecule has 64 valence electrons. The molecule has 0 aromatic rings. The summed E-state index contributed by atoms with van der Waals surface area (Å²) in [4.78, 5) is 12.6. The van der Waals surface area contributed by atoms with Crippen LogP contribution in [0.1, 0.15) is 12.8 Å². The number of rotatable bonds is 0. The number of β-lactam (4-membered cyclic amide) rings is 1. The molecule has 2 fully saturated rings. The van der Waals surface area contributed by atoms with Crippen LogP contribution in [0.3, 0.4) is 0 Å². The highest BCUT2D eigenvalue weighted by molar-refractivity contribution is 8.00. The summed E-state index contributed by atoms with van der Waals surface area (Å²) < 4.78 is 0. The maximum absolute atomic E-state index is 10.8. The predicted molar refractivity (Wildman–Crippen MR) is 43.4 cm³/mol. The topological polar surface area (TPSA) is 75.5 Å². The van der Waals surface area contributed by atoms with E-state index in [0.717, 1.165) is 13.0 Å². The molecule has 11 heavy (non-hydrogen) atoms. The van der Waals surface area contributed by atoms with E-state index >= 15 is 0 Å². The van der Waals surface area contributed by atoms with Crippen molar-refractivity contribution >= 4 is 17.7 Å². The van der Waals surface area contributed by atoms with E-state index in [-0.39, 0.29) is 22.9 Å². The molecule has 2 aliphatic rings. The molecule has 2 rings (SSSR count). The van der Waals surface area contributed by atoms with E-state index in [2.05, 4.69) is 0 Å². The van der Waals surface area contributed by atoms with Crippen LogP contribution in [-0.2, 0) is 4.79 Å². The molecule has 2 aliphatic heterocycles. The molecule has 2 saturated heterocycles. The van der Waals surface area contributed by atoms with Gasteiger partial charge in [-0.15, -0.1) is 11.8 Å². The molecule has 0 bridgehead atoms. The van der Waals surface area contributed by atoms with E-state index in [1.165, 1.54) is 11.8 Å². The van der Waals surface area contributed by atoms with Gasteiger partial charge < -0.3 is 16.2 Å². The summed E-state index contributed by atoms with van der Waals surface area (Å²) in [5.41, 5.74) is -0.241. The van der Waals surface area contributed by atoms with Crippen molar-refractivity contribution in [3.05, 3.63) is 0 Å². The van der Waals surface area contributed by atoms with Crippen LogP contribution in [0.25, 0.3) is 0 Å². The molecule has 4 N–H and O–H groups in total. The van der Waals surface area contributed by atoms with Crippen molar-refractivity contribution in [3.8, 4) is 0 Å². The number of carbonyl (C=O) groups is 1. The van der Waals surface area contributed by atoms with Crippen molar-refractivity contribution < 1.29 is 9.90 Å². The number of nitrogens with zero attached hydrogens (tertiary/aromatic N) is 1. The van der Waals surface area contributed by atoms with Gasteiger partial charge in [0.05, 0.1) is 11.8 Å². The van der Waals surface area contributed by atoms with Crippen LogP contribution in [0.5, 0.6) is 0 Å². The van der Waals surface area contributed by atoms with E-state index in [1.54, 1.807) is 0 Å². The molecular weight excluding hydrogens is 164 g/mol. The third-order valence-corrected chi connectivity index (χ3v) is 3.23. The van der Waals surface area contributed by atoms with Gasteiger partial charge >= 0.3 is 0 Å². The second-order valence-electron chi connectivity index (χ2n) is 2.63. The number of carbonyl (C=O) groups excluding carboxylic acids is 1. The molecule has 1 unspecified atom stereocenters. The highest BCUT2D eigenvalue weighted by atomic mass is 32.2. The Hall–Kier alpha value is -0.260. The molecule has 0 aliphatic carbocycles. The Labute approximate surface area is 69.5 Å². The third kappa shape index (κ3) is 1.36. The van der Waals surface area contributed by atoms with Gasteiger partial charge in [-0.1, -0.05) is 0 Å². The quantitative estimate of drug-likeness (QED) is 0.516. The average Bonchev–Trinajstić information content (AvgIpc) is 1.86. The van der Waals surface area contributed by atoms with Crippen molar-refractivity contribution in [2.45, 2.75) is 23.7 Å². The van der Waals surface area contributed by atoms with Gasteiger partial charge in [-0.2, -0.15) is 0 Å². The Kier molecular flexibility index (Phi) is 2.41. The number of aliphatic hydroxyl groups excluding tert-OH is 1. The van der Waals surface area contributed by atoms with Crippen LogP contribution in [-0.4, -0.2) is 33.3 Å². The molecule has 5 heteroatoms. The van der Waals surface area contributed by atoms with E-state index in [9.17, 15) is 4.79 Å². The van der Waals surface area contributed by atoms with E-state index in [1.807, 2.05) is 4.90 Å². The summed E-state index contributed by atoms with van der Waals surface area (Å²) in [6.45, 7) is 0.748. The Balaban J connectivity index is 0.000000605. The first-order chi connectivity index (χ1) is 4.77. The average molecular weight is 176 g/mol. The first-order valence-electron chi connectivity index (χ1n) is 3.40. The maximum Gasteiger partial charge on any atom is 0.226 e. The van der Waals surface area contributed by atoms with Crippen LogP contribution in [0.15, 0.2) is 0 Å². The molecule has 0 aromatic heterocycles. The normalized spacial score (nSPS) is 35.4. The standard InChI is InChI=1S/C6H9NO2S.H3N/c8-4-3-5-7(4)2-1-6(9)10-5;/h5-6,9H,1-3H2;1H3/t5-,6?;/m1./s1. The summed E-state index contributed by atoms with van der Waals surface area (Å²) in [5.74, 6) is 0.240. The van der Waals surface area contributed by atoms with Crippen LogP contribution in [0.2, 0.25) is 0 Å². The summed E-state index contributed by atoms with van der Waals surface area (Å²) in [7, 11) is 0. The first kappa shape index (κ1) is 8.83. The zero-order chi connectivity index (χ0) is 7.14. The predicted octanol–water partition coefficient (Wildman–Crippen LogP) is 0.162. The zero-order valence-electron chi connectivity index (χ0n) is 6.19. The van der Waals surface area contributed by atoms with Crippen LogP contribution < -0.4 is 6.15 Å². The number of aliphatic hydroxyl groups is 1. The lowest BCUT2D eigenvalue weighted by atomic mass is 10.2. The molecule has 0 spiro atoms. The summed E-state index contributed by atoms with van der Waals surface area (Å²) in [6.07, 6.45) is 1.36. The lowest BCUT2D eigenvalue weighted by Gasteiger charge is -2.44. The molecule has 0 aromatic carbocycles. The van der Waals surface area contributed by atoms with E-state index < -0.39 is 0 Å². The van der Waals surface area contributed by atoms with Crippen molar-refractivity contribution in [3.63, 3.8) is 0 Å². The zero-order valence-corrected chi connectivity index (χ0v) is 7.01. The number of fused-ring (bicyclic) bond motifs is 1. The SMILES string of the molecule is N.O=C1C[C@H]2SC(O)CCN12. The Bertz CT molecular complexity index is 176. The molecule has 4 nitrogen and oxygen atoms in total. The first-order valence-corrected chi connectivity index (χ1v) is 4.34. The lowest BCUT2D eigenvalue weighted by Crippen LogP contribution is -2.54. The van der Waals surface area contributed by atoms with Crippen LogP contribution in [0.4, 0.5) is 0 Å². The molecule has 0 saturated carbocycles. The summed E-state index contributed by atoms with van der Waals surface area (Å²) in [5, 5.41) is 9.43. The Morgan fingerprint density at radius 2 is 2.36 bits per heavy atom. The number of hydrogen-bond donors (Lipinski definition) is 2. The fourth-order valence-corrected chi connectivity index (χ4v) is 2.53. The molecule has 2 atom stereocenters. The van der Waals surface area contributed by atoms with Gasteiger partial charge in [-0.05, 0) is 0 Å². The van der Waals surface area contributed by atoms with Gasteiger partial charge in [0.2, 0.25) is 5.91 Å². The highest BCUT2D eigenvalue weighted by Gasteiger charge is 2.40. The molecule has 1 amide bonds. The largest absolute Gasteiger partial charge is 0.382 e. The molecular formula is C6H12N2O2S. The minimum absolute atomic E-state index is 0. The lowest BCUT2D eigenvalue weighted by molar-refractivity contribution is -0.142. The second-order valence-corrected chi connectivity index (χ2v) is 3.99. The van der Waals surface area contributed by atoms with Gasteiger partial charge in [-0.3, -0.25) is 4.79 Å². The van der Waals surface area contributed by atoms with E-state index in [0.29, 0.717) is 6.42 Å². The number of amides is 1. The van der Waals surface area contributed by atoms with Crippen molar-refractivity contribution in [1.82, 2.24) is 11.1 Å². The van der Waals surface area contributed by atoms with Gasteiger partial charge in [-0.25, -0.2) is 0 Å². The van der Waals surface area contributed by atoms with Crippen molar-refractivity contribution in [2.24, 2.45) is 0 Å². The number of thioether (sulfide) groups is 1. The Morgan fingerprint density at radius 3 is 2.91 bits per heavy atom. The summed E-state index contributed by atoms with van der Waals surface area (Å²) in [6, 6.07) is 0. The summed E-state index contributed by atoms with van der Waals surface area (Å²) >= 11 is 1.50. The minimum atomic E-state index is -0.241. The van der Waals surface area contributed by atoms with Gasteiger partial charge in [0.15, 0.2) is 0 Å². The van der Waals surface area contributed by atoms with Gasteiger partial charge in [0, 0.05) is 13.0 Å². The van der Waals surface area contributed by atoms with E-state index in [4.69, 9.17) is 5.11 Å². The number of hydrogen-bond acceptors (Lipinski definition) is 4. The maximum atomic E-state index is 10.8. The van der Waals surface area contributed by atoms with Crippen molar-refractivity contribution in [2.75, 3.05) is 6.54 Å².